The SMILES string of the molecule is CNS(=O)(=O)CCc1ccc(Nc2ncc3c(=O)c(C(=O)O)cn(-c4ccc5c(c4)CCC5)c3n2)cc1. The van der Waals surface area contributed by atoms with Gasteiger partial charge in [0.05, 0.1) is 11.1 Å². The Morgan fingerprint density at radius 3 is 2.59 bits per heavy atom. The molecule has 0 unspecified atom stereocenters. The third-order valence-electron chi connectivity index (χ3n) is 6.52. The monoisotopic (exact) mass is 519 g/mol. The maximum absolute atomic E-state index is 12.9. The summed E-state index contributed by atoms with van der Waals surface area (Å²) >= 11 is 0. The number of hydrogen-bond acceptors (Lipinski definition) is 7. The Morgan fingerprint density at radius 2 is 1.86 bits per heavy atom. The fourth-order valence-electron chi connectivity index (χ4n) is 4.47. The molecule has 10 nitrogen and oxygen atoms in total. The number of aromatic nitrogens is 3. The van der Waals surface area contributed by atoms with Crippen molar-refractivity contribution in [2.45, 2.75) is 25.7 Å². The Kier molecular flexibility index (Phi) is 6.48. The van der Waals surface area contributed by atoms with Crippen LogP contribution >= 0.6 is 0 Å². The molecule has 0 aliphatic heterocycles. The Hall–Kier alpha value is -4.09. The summed E-state index contributed by atoms with van der Waals surface area (Å²) in [6.45, 7) is 0. The molecule has 4 aromatic rings. The maximum Gasteiger partial charge on any atom is 0.341 e. The molecule has 2 aromatic heterocycles. The van der Waals surface area contributed by atoms with Gasteiger partial charge in [-0.1, -0.05) is 18.2 Å². The first-order valence-electron chi connectivity index (χ1n) is 11.8. The number of pyridine rings is 1. The van der Waals surface area contributed by atoms with Crippen molar-refractivity contribution in [2.24, 2.45) is 0 Å². The second kappa shape index (κ2) is 9.75. The lowest BCUT2D eigenvalue weighted by Crippen LogP contribution is -2.23. The normalized spacial score (nSPS) is 13.0. The minimum atomic E-state index is -3.29. The number of nitrogens with one attached hydrogen (secondary N) is 2. The number of benzene rings is 2. The van der Waals surface area contributed by atoms with Crippen LogP contribution in [0.4, 0.5) is 11.6 Å². The quantitative estimate of drug-likeness (QED) is 0.322. The van der Waals surface area contributed by atoms with Crippen LogP contribution in [0.1, 0.15) is 33.5 Å². The highest BCUT2D eigenvalue weighted by Gasteiger charge is 2.19. The summed E-state index contributed by atoms with van der Waals surface area (Å²) in [5, 5.41) is 12.8. The molecule has 11 heteroatoms. The molecule has 5 rings (SSSR count). The van der Waals surface area contributed by atoms with E-state index in [0.717, 1.165) is 30.5 Å². The molecule has 0 fully saturated rings. The number of hydrogen-bond donors (Lipinski definition) is 3. The zero-order valence-corrected chi connectivity index (χ0v) is 20.9. The predicted octanol–water partition coefficient (Wildman–Crippen LogP) is 2.80. The van der Waals surface area contributed by atoms with Crippen molar-refractivity contribution in [3.8, 4) is 5.69 Å². The first kappa shape index (κ1) is 24.6. The van der Waals surface area contributed by atoms with E-state index in [9.17, 15) is 23.1 Å². The highest BCUT2D eigenvalue weighted by molar-refractivity contribution is 7.89. The number of aryl methyl sites for hydroxylation is 3. The van der Waals surface area contributed by atoms with E-state index in [1.165, 1.54) is 30.6 Å². The zero-order chi connectivity index (χ0) is 26.2. The molecule has 2 aromatic carbocycles. The average Bonchev–Trinajstić information content (AvgIpc) is 3.36. The molecule has 0 bridgehead atoms. The van der Waals surface area contributed by atoms with Crippen molar-refractivity contribution in [3.63, 3.8) is 0 Å². The van der Waals surface area contributed by atoms with E-state index >= 15 is 0 Å². The van der Waals surface area contributed by atoms with Crippen molar-refractivity contribution in [1.29, 1.82) is 0 Å². The summed E-state index contributed by atoms with van der Waals surface area (Å²) in [6, 6.07) is 13.2. The van der Waals surface area contributed by atoms with Gasteiger partial charge in [-0.25, -0.2) is 22.9 Å². The fourth-order valence-corrected chi connectivity index (χ4v) is 5.17. The van der Waals surface area contributed by atoms with Gasteiger partial charge in [0.2, 0.25) is 21.4 Å². The largest absolute Gasteiger partial charge is 0.477 e. The number of carboxylic acids is 1. The minimum Gasteiger partial charge on any atom is -0.477 e. The summed E-state index contributed by atoms with van der Waals surface area (Å²) in [5.41, 5.74) is 4.02. The van der Waals surface area contributed by atoms with Crippen molar-refractivity contribution in [1.82, 2.24) is 19.3 Å². The molecule has 37 heavy (non-hydrogen) atoms. The van der Waals surface area contributed by atoms with Gasteiger partial charge in [0.1, 0.15) is 5.56 Å². The van der Waals surface area contributed by atoms with Crippen LogP contribution in [-0.4, -0.2) is 46.8 Å². The van der Waals surface area contributed by atoms with Gasteiger partial charge in [0, 0.05) is 23.8 Å². The Bertz CT molecular complexity index is 1680. The molecule has 0 saturated carbocycles. The highest BCUT2D eigenvalue weighted by Crippen LogP contribution is 2.26. The summed E-state index contributed by atoms with van der Waals surface area (Å²) in [4.78, 5) is 33.5. The average molecular weight is 520 g/mol. The van der Waals surface area contributed by atoms with Crippen LogP contribution in [0.3, 0.4) is 0 Å². The Labute approximate surface area is 213 Å². The first-order valence-corrected chi connectivity index (χ1v) is 13.4. The number of nitrogens with zero attached hydrogens (tertiary/aromatic N) is 3. The molecule has 0 spiro atoms. The lowest BCUT2D eigenvalue weighted by molar-refractivity contribution is 0.0695. The number of aromatic carboxylic acids is 1. The van der Waals surface area contributed by atoms with Gasteiger partial charge in [0.25, 0.3) is 0 Å². The number of carboxylic acid groups (broad SMARTS) is 1. The topological polar surface area (TPSA) is 143 Å². The molecule has 1 aliphatic rings. The molecule has 0 radical (unpaired) electrons. The molecule has 190 valence electrons. The van der Waals surface area contributed by atoms with Gasteiger partial charge in [-0.3, -0.25) is 4.79 Å². The van der Waals surface area contributed by atoms with Gasteiger partial charge in [-0.05, 0) is 73.7 Å². The zero-order valence-electron chi connectivity index (χ0n) is 20.1. The molecule has 3 N–H and O–H groups in total. The van der Waals surface area contributed by atoms with Crippen molar-refractivity contribution in [3.05, 3.63) is 87.3 Å². The van der Waals surface area contributed by atoms with E-state index in [1.54, 1.807) is 16.7 Å². The van der Waals surface area contributed by atoms with Crippen LogP contribution in [0.25, 0.3) is 16.7 Å². The molecule has 0 amide bonds. The van der Waals surface area contributed by atoms with Crippen LogP contribution < -0.4 is 15.5 Å². The van der Waals surface area contributed by atoms with Gasteiger partial charge < -0.3 is 15.0 Å². The molecule has 1 aliphatic carbocycles. The number of fused-ring (bicyclic) bond motifs is 2. The standard InChI is InChI=1S/C26H25N5O5S/c1-27-37(35,36)12-11-16-5-8-19(9-6-16)29-26-28-14-21-23(32)22(25(33)34)15-31(24(21)30-26)20-10-7-17-3-2-4-18(17)13-20/h5-10,13-15,27H,2-4,11-12H2,1H3,(H,33,34)(H,28,29,30). The maximum atomic E-state index is 12.9. The lowest BCUT2D eigenvalue weighted by Gasteiger charge is -2.14. The van der Waals surface area contributed by atoms with Crippen molar-refractivity contribution in [2.75, 3.05) is 18.1 Å². The molecular weight excluding hydrogens is 494 g/mol. The summed E-state index contributed by atoms with van der Waals surface area (Å²) < 4.78 is 27.2. The fraction of sp³-hybridized carbons (Fsp3) is 0.231. The molecule has 0 atom stereocenters. The number of carbonyl (C=O) groups is 1. The van der Waals surface area contributed by atoms with Gasteiger partial charge >= 0.3 is 5.97 Å². The molecule has 2 heterocycles. The highest BCUT2D eigenvalue weighted by atomic mass is 32.2. The van der Waals surface area contributed by atoms with Gasteiger partial charge in [0.15, 0.2) is 5.65 Å². The van der Waals surface area contributed by atoms with E-state index in [1.807, 2.05) is 30.3 Å². The number of rotatable bonds is 8. The molecule has 0 saturated heterocycles. The predicted molar refractivity (Wildman–Crippen MR) is 140 cm³/mol. The summed E-state index contributed by atoms with van der Waals surface area (Å²) in [6.07, 6.45) is 6.06. The second-order valence-corrected chi connectivity index (χ2v) is 10.9. The van der Waals surface area contributed by atoms with E-state index < -0.39 is 21.4 Å². The minimum absolute atomic E-state index is 0.0113. The van der Waals surface area contributed by atoms with Crippen LogP contribution in [-0.2, 0) is 29.3 Å². The van der Waals surface area contributed by atoms with E-state index in [4.69, 9.17) is 0 Å². The van der Waals surface area contributed by atoms with E-state index in [0.29, 0.717) is 17.8 Å². The third-order valence-corrected chi connectivity index (χ3v) is 7.88. The Morgan fingerprint density at radius 1 is 1.11 bits per heavy atom. The first-order chi connectivity index (χ1) is 17.7. The summed E-state index contributed by atoms with van der Waals surface area (Å²) in [5.74, 6) is -1.09. The molecular formula is C26H25N5O5S. The van der Waals surface area contributed by atoms with Crippen LogP contribution in [0, 0.1) is 0 Å². The van der Waals surface area contributed by atoms with Crippen molar-refractivity contribution < 1.29 is 18.3 Å². The number of sulfonamides is 1. The Balaban J connectivity index is 1.50. The second-order valence-electron chi connectivity index (χ2n) is 8.88. The smallest absolute Gasteiger partial charge is 0.341 e. The van der Waals surface area contributed by atoms with Gasteiger partial charge in [-0.15, -0.1) is 0 Å². The van der Waals surface area contributed by atoms with Crippen LogP contribution in [0.15, 0.2) is 59.7 Å². The van der Waals surface area contributed by atoms with Crippen molar-refractivity contribution >= 4 is 38.7 Å². The van der Waals surface area contributed by atoms with Gasteiger partial charge in [-0.2, -0.15) is 4.98 Å². The van der Waals surface area contributed by atoms with Crippen LogP contribution in [0.2, 0.25) is 0 Å². The number of anilines is 2. The summed E-state index contributed by atoms with van der Waals surface area (Å²) in [7, 11) is -1.90. The van der Waals surface area contributed by atoms with Crippen LogP contribution in [0.5, 0.6) is 0 Å². The lowest BCUT2D eigenvalue weighted by atomic mass is 10.1. The third kappa shape index (κ3) is 5.09. The van der Waals surface area contributed by atoms with E-state index in [2.05, 4.69) is 20.0 Å². The van der Waals surface area contributed by atoms with E-state index in [-0.39, 0.29) is 22.7 Å².